The molecule has 2 heteroatoms. The lowest BCUT2D eigenvalue weighted by Gasteiger charge is -2.41. The Bertz CT molecular complexity index is 2030. The maximum absolute atomic E-state index is 6.97. The number of rotatable bonds is 3. The van der Waals surface area contributed by atoms with Gasteiger partial charge in [-0.1, -0.05) is 115 Å². The van der Waals surface area contributed by atoms with Crippen LogP contribution in [0, 0.1) is 0 Å². The highest BCUT2D eigenvalue weighted by atomic mass is 16.5. The summed E-state index contributed by atoms with van der Waals surface area (Å²) < 4.78 is 6.97. The number of anilines is 3. The first-order valence-electron chi connectivity index (χ1n) is 14.1. The Morgan fingerprint density at radius 1 is 0.415 bits per heavy atom. The summed E-state index contributed by atoms with van der Waals surface area (Å²) in [6.07, 6.45) is 0. The van der Waals surface area contributed by atoms with Crippen LogP contribution in [0.3, 0.4) is 0 Å². The van der Waals surface area contributed by atoms with E-state index in [1.54, 1.807) is 0 Å². The molecule has 0 N–H and O–H groups in total. The van der Waals surface area contributed by atoms with Crippen molar-refractivity contribution in [2.24, 2.45) is 0 Å². The molecule has 9 rings (SSSR count). The van der Waals surface area contributed by atoms with Gasteiger partial charge in [0.1, 0.15) is 5.75 Å². The third-order valence-electron chi connectivity index (χ3n) is 8.86. The van der Waals surface area contributed by atoms with Crippen LogP contribution >= 0.6 is 0 Å². The molecule has 41 heavy (non-hydrogen) atoms. The molecular formula is C39H25NO. The van der Waals surface area contributed by atoms with E-state index in [2.05, 4.69) is 157 Å². The number of ether oxygens (including phenoxy) is 1. The average molecular weight is 524 g/mol. The molecule has 1 aliphatic carbocycles. The van der Waals surface area contributed by atoms with E-state index in [1.165, 1.54) is 43.8 Å². The predicted molar refractivity (Wildman–Crippen MR) is 168 cm³/mol. The van der Waals surface area contributed by atoms with Crippen molar-refractivity contribution in [1.82, 2.24) is 0 Å². The average Bonchev–Trinajstić information content (AvgIpc) is 3.34. The largest absolute Gasteiger partial charge is 0.454 e. The quantitative estimate of drug-likeness (QED) is 0.214. The molecule has 0 unspecified atom stereocenters. The zero-order valence-electron chi connectivity index (χ0n) is 22.3. The number of hydrogen-bond acceptors (Lipinski definition) is 2. The van der Waals surface area contributed by atoms with Crippen LogP contribution in [0.1, 0.15) is 22.3 Å². The van der Waals surface area contributed by atoms with Gasteiger partial charge in [-0.25, -0.2) is 0 Å². The number of fused-ring (bicyclic) bond motifs is 6. The van der Waals surface area contributed by atoms with Crippen molar-refractivity contribution in [3.05, 3.63) is 174 Å². The lowest BCUT2D eigenvalue weighted by molar-refractivity contribution is 0.437. The van der Waals surface area contributed by atoms with Gasteiger partial charge < -0.3 is 9.64 Å². The van der Waals surface area contributed by atoms with Crippen molar-refractivity contribution in [2.45, 2.75) is 5.41 Å². The van der Waals surface area contributed by atoms with Crippen LogP contribution in [-0.4, -0.2) is 0 Å². The minimum absolute atomic E-state index is 0.498. The topological polar surface area (TPSA) is 12.5 Å². The molecule has 7 aromatic rings. The molecule has 0 fully saturated rings. The predicted octanol–water partition coefficient (Wildman–Crippen LogP) is 10.3. The molecule has 0 atom stereocenters. The van der Waals surface area contributed by atoms with Gasteiger partial charge in [0.25, 0.3) is 0 Å². The summed E-state index contributed by atoms with van der Waals surface area (Å²) in [6, 6.07) is 54.4. The molecule has 0 amide bonds. The lowest BCUT2D eigenvalue weighted by Crippen LogP contribution is -2.32. The smallest absolute Gasteiger partial charge is 0.156 e. The maximum Gasteiger partial charge on any atom is 0.156 e. The number of para-hydroxylation sites is 4. The molecule has 1 aliphatic heterocycles. The van der Waals surface area contributed by atoms with Crippen molar-refractivity contribution in [1.29, 1.82) is 0 Å². The second-order valence-electron chi connectivity index (χ2n) is 10.9. The van der Waals surface area contributed by atoms with Crippen LogP contribution < -0.4 is 9.64 Å². The maximum atomic E-state index is 6.97. The standard InChI is InChI=1S/C39H25NO/c1-3-14-28(15-4-1)40(29-16-5-2-6-17-29)34-22-11-21-33-38(34)41-35-23-8-7-18-30(35)39(33)31-19-9-12-26-24-25-27-13-10-20-32(39)37(27)36(26)31/h1-25H. The highest BCUT2D eigenvalue weighted by Crippen LogP contribution is 2.63. The van der Waals surface area contributed by atoms with E-state index < -0.39 is 5.41 Å². The molecule has 0 aromatic heterocycles. The van der Waals surface area contributed by atoms with E-state index in [1.807, 2.05) is 0 Å². The van der Waals surface area contributed by atoms with Gasteiger partial charge in [-0.15, -0.1) is 0 Å². The van der Waals surface area contributed by atoms with E-state index in [4.69, 9.17) is 4.74 Å². The van der Waals surface area contributed by atoms with Crippen molar-refractivity contribution >= 4 is 38.6 Å². The number of benzene rings is 7. The SMILES string of the molecule is c1ccc(N(c2ccccc2)c2cccc3c2Oc2ccccc2C32c3cccc4ccc5cccc2c5c34)cc1. The van der Waals surface area contributed by atoms with Gasteiger partial charge in [0, 0.05) is 22.5 Å². The minimum atomic E-state index is -0.498. The van der Waals surface area contributed by atoms with Crippen LogP contribution in [0.25, 0.3) is 21.5 Å². The molecule has 192 valence electrons. The molecular weight excluding hydrogens is 498 g/mol. The molecule has 0 radical (unpaired) electrons. The second-order valence-corrected chi connectivity index (χ2v) is 10.9. The van der Waals surface area contributed by atoms with Crippen LogP contribution in [0.15, 0.2) is 152 Å². The third kappa shape index (κ3) is 2.91. The summed E-state index contributed by atoms with van der Waals surface area (Å²) in [7, 11) is 0. The van der Waals surface area contributed by atoms with Gasteiger partial charge in [-0.3, -0.25) is 0 Å². The van der Waals surface area contributed by atoms with Gasteiger partial charge in [0.2, 0.25) is 0 Å². The zero-order valence-corrected chi connectivity index (χ0v) is 22.3. The van der Waals surface area contributed by atoms with E-state index in [9.17, 15) is 0 Å². The van der Waals surface area contributed by atoms with Crippen molar-refractivity contribution in [2.75, 3.05) is 4.90 Å². The van der Waals surface area contributed by atoms with E-state index in [-0.39, 0.29) is 0 Å². The molecule has 2 aliphatic rings. The fourth-order valence-electron chi connectivity index (χ4n) is 7.31. The van der Waals surface area contributed by atoms with Gasteiger partial charge in [0.15, 0.2) is 5.75 Å². The fraction of sp³-hybridized carbons (Fsp3) is 0.0256. The summed E-state index contributed by atoms with van der Waals surface area (Å²) in [5.41, 5.74) is 7.69. The van der Waals surface area contributed by atoms with E-state index in [0.717, 1.165) is 28.6 Å². The number of hydrogen-bond donors (Lipinski definition) is 0. The van der Waals surface area contributed by atoms with Gasteiger partial charge >= 0.3 is 0 Å². The van der Waals surface area contributed by atoms with Crippen molar-refractivity contribution in [3.8, 4) is 11.5 Å². The Labute approximate surface area is 238 Å². The van der Waals surface area contributed by atoms with Crippen molar-refractivity contribution in [3.63, 3.8) is 0 Å². The van der Waals surface area contributed by atoms with Gasteiger partial charge in [-0.2, -0.15) is 0 Å². The molecule has 2 nitrogen and oxygen atoms in total. The molecule has 0 saturated carbocycles. The van der Waals surface area contributed by atoms with Crippen LogP contribution in [0.5, 0.6) is 11.5 Å². The highest BCUT2D eigenvalue weighted by Gasteiger charge is 2.50. The van der Waals surface area contributed by atoms with Crippen molar-refractivity contribution < 1.29 is 4.74 Å². The fourth-order valence-corrected chi connectivity index (χ4v) is 7.31. The van der Waals surface area contributed by atoms with Gasteiger partial charge in [-0.05, 0) is 69.1 Å². The molecule has 1 heterocycles. The molecule has 0 bridgehead atoms. The van der Waals surface area contributed by atoms with Crippen LogP contribution in [0.2, 0.25) is 0 Å². The Balaban J connectivity index is 1.42. The lowest BCUT2D eigenvalue weighted by atomic mass is 9.65. The second kappa shape index (κ2) is 8.33. The molecule has 1 spiro atoms. The summed E-state index contributed by atoms with van der Waals surface area (Å²) in [4.78, 5) is 2.31. The summed E-state index contributed by atoms with van der Waals surface area (Å²) in [5.74, 6) is 1.79. The van der Waals surface area contributed by atoms with E-state index >= 15 is 0 Å². The summed E-state index contributed by atoms with van der Waals surface area (Å²) in [5, 5.41) is 5.24. The Morgan fingerprint density at radius 2 is 0.927 bits per heavy atom. The normalized spacial score (nSPS) is 13.8. The first kappa shape index (κ1) is 22.5. The third-order valence-corrected chi connectivity index (χ3v) is 8.86. The molecule has 0 saturated heterocycles. The first-order chi connectivity index (χ1) is 20.4. The first-order valence-corrected chi connectivity index (χ1v) is 14.1. The van der Waals surface area contributed by atoms with Gasteiger partial charge in [0.05, 0.1) is 11.1 Å². The summed E-state index contributed by atoms with van der Waals surface area (Å²) >= 11 is 0. The Hall–Kier alpha value is -5.34. The zero-order chi connectivity index (χ0) is 27.0. The minimum Gasteiger partial charge on any atom is -0.454 e. The van der Waals surface area contributed by atoms with Crippen LogP contribution in [0.4, 0.5) is 17.1 Å². The molecule has 7 aromatic carbocycles. The van der Waals surface area contributed by atoms with E-state index in [0.29, 0.717) is 0 Å². The number of nitrogens with zero attached hydrogens (tertiary/aromatic N) is 1. The monoisotopic (exact) mass is 523 g/mol. The summed E-state index contributed by atoms with van der Waals surface area (Å²) in [6.45, 7) is 0. The Kier molecular flexibility index (Phi) is 4.57. The van der Waals surface area contributed by atoms with Crippen LogP contribution in [-0.2, 0) is 5.41 Å². The highest BCUT2D eigenvalue weighted by molar-refractivity contribution is 6.16. The Morgan fingerprint density at radius 3 is 1.56 bits per heavy atom.